The van der Waals surface area contributed by atoms with Gasteiger partial charge in [0.15, 0.2) is 11.5 Å². The van der Waals surface area contributed by atoms with Crippen LogP contribution >= 0.6 is 11.8 Å². The Balaban J connectivity index is 1.46. The summed E-state index contributed by atoms with van der Waals surface area (Å²) in [5.74, 6) is 3.68. The van der Waals surface area contributed by atoms with Crippen LogP contribution in [0.25, 0.3) is 11.5 Å². The molecule has 1 aliphatic heterocycles. The third kappa shape index (κ3) is 6.40. The van der Waals surface area contributed by atoms with Crippen molar-refractivity contribution >= 4 is 17.7 Å². The summed E-state index contributed by atoms with van der Waals surface area (Å²) in [5, 5.41) is 3.03. The fraction of sp³-hybridized carbons (Fsp3) is 0.565. The molecule has 1 aromatic carbocycles. The maximum Gasteiger partial charge on any atom is 0.230 e. The van der Waals surface area contributed by atoms with Crippen LogP contribution in [0.15, 0.2) is 22.6 Å². The number of hydrogen-bond acceptors (Lipinski definition) is 7. The van der Waals surface area contributed by atoms with Gasteiger partial charge in [-0.2, -0.15) is 0 Å². The summed E-state index contributed by atoms with van der Waals surface area (Å²) < 4.78 is 16.5. The van der Waals surface area contributed by atoms with E-state index < -0.39 is 0 Å². The van der Waals surface area contributed by atoms with Crippen molar-refractivity contribution < 1.29 is 18.7 Å². The highest BCUT2D eigenvalue weighted by Crippen LogP contribution is 2.33. The predicted octanol–water partition coefficient (Wildman–Crippen LogP) is 3.89. The van der Waals surface area contributed by atoms with Crippen molar-refractivity contribution in [2.75, 3.05) is 39.6 Å². The molecule has 0 radical (unpaired) electrons. The highest BCUT2D eigenvalue weighted by atomic mass is 32.2. The number of aromatic nitrogens is 1. The van der Waals surface area contributed by atoms with Crippen molar-refractivity contribution in [1.29, 1.82) is 0 Å². The minimum absolute atomic E-state index is 0.0657. The number of benzene rings is 1. The Hall–Kier alpha value is -2.19. The quantitative estimate of drug-likeness (QED) is 0.592. The van der Waals surface area contributed by atoms with E-state index in [4.69, 9.17) is 13.9 Å². The molecule has 1 atom stereocenters. The number of oxazole rings is 1. The number of carbonyl (C=O) groups excluding carboxylic acids is 1. The molecule has 2 heterocycles. The van der Waals surface area contributed by atoms with Gasteiger partial charge >= 0.3 is 0 Å². The van der Waals surface area contributed by atoms with Gasteiger partial charge in [-0.25, -0.2) is 4.98 Å². The molecule has 1 N–H and O–H groups in total. The first kappa shape index (κ1) is 23.5. The number of aryl methyl sites for hydroxylation is 1. The zero-order valence-corrected chi connectivity index (χ0v) is 19.7. The normalized spacial score (nSPS) is 16.8. The van der Waals surface area contributed by atoms with Crippen LogP contribution in [-0.2, 0) is 10.5 Å². The number of likely N-dealkylation sites (tertiary alicyclic amines) is 1. The molecule has 7 nitrogen and oxygen atoms in total. The zero-order chi connectivity index (χ0) is 22.2. The van der Waals surface area contributed by atoms with Crippen LogP contribution in [-0.4, -0.2) is 61.4 Å². The molecule has 0 saturated carbocycles. The lowest BCUT2D eigenvalue weighted by molar-refractivity contribution is -0.118. The lowest BCUT2D eigenvalue weighted by Gasteiger charge is -2.33. The van der Waals surface area contributed by atoms with Crippen molar-refractivity contribution in [3.8, 4) is 23.0 Å². The van der Waals surface area contributed by atoms with Crippen LogP contribution < -0.4 is 14.8 Å². The van der Waals surface area contributed by atoms with E-state index in [9.17, 15) is 4.79 Å². The van der Waals surface area contributed by atoms with Crippen molar-refractivity contribution in [2.24, 2.45) is 0 Å². The number of carbonyl (C=O) groups is 1. The average molecular weight is 448 g/mol. The van der Waals surface area contributed by atoms with Crippen LogP contribution in [0.1, 0.15) is 37.6 Å². The Kier molecular flexibility index (Phi) is 8.66. The van der Waals surface area contributed by atoms with Crippen molar-refractivity contribution in [2.45, 2.75) is 44.9 Å². The number of ether oxygens (including phenoxy) is 2. The Morgan fingerprint density at radius 1 is 1.29 bits per heavy atom. The minimum atomic E-state index is 0.0657. The second kappa shape index (κ2) is 11.4. The molecule has 0 bridgehead atoms. The third-order valence-corrected chi connectivity index (χ3v) is 6.60. The number of piperidine rings is 1. The predicted molar refractivity (Wildman–Crippen MR) is 124 cm³/mol. The van der Waals surface area contributed by atoms with Gasteiger partial charge in [0.25, 0.3) is 0 Å². The van der Waals surface area contributed by atoms with Crippen molar-refractivity contribution in [3.63, 3.8) is 0 Å². The Morgan fingerprint density at radius 3 is 2.84 bits per heavy atom. The Labute approximate surface area is 188 Å². The lowest BCUT2D eigenvalue weighted by Crippen LogP contribution is -2.42. The number of nitrogens with zero attached hydrogens (tertiary/aromatic N) is 2. The highest BCUT2D eigenvalue weighted by Gasteiger charge is 2.18. The first-order valence-corrected chi connectivity index (χ1v) is 11.9. The lowest BCUT2D eigenvalue weighted by atomic mass is 10.0. The molecule has 170 valence electrons. The molecule has 1 fully saturated rings. The molecule has 3 rings (SSSR count). The van der Waals surface area contributed by atoms with Crippen molar-refractivity contribution in [1.82, 2.24) is 15.2 Å². The highest BCUT2D eigenvalue weighted by molar-refractivity contribution is 7.99. The van der Waals surface area contributed by atoms with Crippen molar-refractivity contribution in [3.05, 3.63) is 29.7 Å². The van der Waals surface area contributed by atoms with Crippen LogP contribution in [0, 0.1) is 6.92 Å². The van der Waals surface area contributed by atoms with Crippen LogP contribution in [0.4, 0.5) is 0 Å². The summed E-state index contributed by atoms with van der Waals surface area (Å²) >= 11 is 1.54. The molecule has 1 aliphatic rings. The maximum atomic E-state index is 12.2. The third-order valence-electron chi connectivity index (χ3n) is 5.66. The van der Waals surface area contributed by atoms with Crippen LogP contribution in [0.2, 0.25) is 0 Å². The standard InChI is InChI=1S/C23H33N3O4S/c1-16-7-5-6-11-26(16)12-10-24-22(27)15-31-14-19-17(2)30-23(25-19)18-8-9-20(28-3)21(13-18)29-4/h8-9,13,16H,5-7,10-12,14-15H2,1-4H3,(H,24,27)/t16-/m1/s1. The number of methoxy groups -OCH3 is 2. The summed E-state index contributed by atoms with van der Waals surface area (Å²) in [6, 6.07) is 6.18. The summed E-state index contributed by atoms with van der Waals surface area (Å²) in [6.07, 6.45) is 3.83. The second-order valence-electron chi connectivity index (χ2n) is 7.82. The van der Waals surface area contributed by atoms with Crippen LogP contribution in [0.5, 0.6) is 11.5 Å². The molecule has 8 heteroatoms. The number of rotatable bonds is 10. The summed E-state index contributed by atoms with van der Waals surface area (Å²) in [5.41, 5.74) is 1.67. The number of nitrogens with one attached hydrogen (secondary N) is 1. The van der Waals surface area contributed by atoms with Gasteiger partial charge in [0.05, 0.1) is 25.7 Å². The maximum absolute atomic E-state index is 12.2. The van der Waals surface area contributed by atoms with Gasteiger partial charge in [0.2, 0.25) is 11.8 Å². The first-order chi connectivity index (χ1) is 15.0. The number of amides is 1. The van der Waals surface area contributed by atoms with E-state index in [2.05, 4.69) is 22.1 Å². The van der Waals surface area contributed by atoms with Gasteiger partial charge in [-0.15, -0.1) is 11.8 Å². The Morgan fingerprint density at radius 2 is 2.10 bits per heavy atom. The van der Waals surface area contributed by atoms with Gasteiger partial charge in [0, 0.05) is 30.4 Å². The fourth-order valence-electron chi connectivity index (χ4n) is 3.77. The average Bonchev–Trinajstić information content (AvgIpc) is 3.15. The van der Waals surface area contributed by atoms with E-state index in [1.807, 2.05) is 25.1 Å². The summed E-state index contributed by atoms with van der Waals surface area (Å²) in [4.78, 5) is 19.3. The molecule has 0 spiro atoms. The molecule has 1 saturated heterocycles. The molecule has 31 heavy (non-hydrogen) atoms. The Bertz CT molecular complexity index is 871. The van der Waals surface area contributed by atoms with E-state index in [0.29, 0.717) is 41.5 Å². The van der Waals surface area contributed by atoms with E-state index in [1.54, 1.807) is 26.0 Å². The van der Waals surface area contributed by atoms with E-state index in [-0.39, 0.29) is 5.91 Å². The summed E-state index contributed by atoms with van der Waals surface area (Å²) in [6.45, 7) is 6.94. The topological polar surface area (TPSA) is 76.8 Å². The SMILES string of the molecule is COc1ccc(-c2nc(CSCC(=O)NCCN3CCCC[C@H]3C)c(C)o2)cc1OC. The summed E-state index contributed by atoms with van der Waals surface area (Å²) in [7, 11) is 3.20. The molecular formula is C23H33N3O4S. The minimum Gasteiger partial charge on any atom is -0.493 e. The molecular weight excluding hydrogens is 414 g/mol. The largest absolute Gasteiger partial charge is 0.493 e. The second-order valence-corrected chi connectivity index (χ2v) is 8.80. The smallest absolute Gasteiger partial charge is 0.230 e. The zero-order valence-electron chi connectivity index (χ0n) is 18.9. The van der Waals surface area contributed by atoms with Gasteiger partial charge in [-0.05, 0) is 51.4 Å². The fourth-order valence-corrected chi connectivity index (χ4v) is 4.63. The number of thioether (sulfide) groups is 1. The van der Waals surface area contributed by atoms with Crippen LogP contribution in [0.3, 0.4) is 0 Å². The van der Waals surface area contributed by atoms with Gasteiger partial charge < -0.3 is 19.2 Å². The first-order valence-electron chi connectivity index (χ1n) is 10.8. The van der Waals surface area contributed by atoms with Gasteiger partial charge in [-0.1, -0.05) is 6.42 Å². The van der Waals surface area contributed by atoms with E-state index >= 15 is 0 Å². The van der Waals surface area contributed by atoms with Gasteiger partial charge in [0.1, 0.15) is 5.76 Å². The van der Waals surface area contributed by atoms with Gasteiger partial charge in [-0.3, -0.25) is 9.69 Å². The van der Waals surface area contributed by atoms with E-state index in [0.717, 1.165) is 30.1 Å². The molecule has 2 aromatic rings. The van der Waals surface area contributed by atoms with E-state index in [1.165, 1.54) is 19.3 Å². The molecule has 1 amide bonds. The molecule has 0 unspecified atom stereocenters. The molecule has 0 aliphatic carbocycles. The monoisotopic (exact) mass is 447 g/mol. The number of hydrogen-bond donors (Lipinski definition) is 1. The molecule has 1 aromatic heterocycles.